The zero-order chi connectivity index (χ0) is 13.2. The summed E-state index contributed by atoms with van der Waals surface area (Å²) in [5.74, 6) is 0.248. The molecular weight excluding hydrogens is 260 g/mol. The SMILES string of the molecule is CC(C)CN(C(C)C)S(=O)(=O)c1nnc(N)s1. The molecule has 2 N–H and O–H groups in total. The van der Waals surface area contributed by atoms with Crippen molar-refractivity contribution in [2.24, 2.45) is 5.92 Å². The molecule has 1 aromatic rings. The zero-order valence-electron chi connectivity index (χ0n) is 10.4. The summed E-state index contributed by atoms with van der Waals surface area (Å²) in [7, 11) is -3.58. The van der Waals surface area contributed by atoms with Gasteiger partial charge in [-0.05, 0) is 19.8 Å². The van der Waals surface area contributed by atoms with Gasteiger partial charge in [0, 0.05) is 12.6 Å². The van der Waals surface area contributed by atoms with Crippen molar-refractivity contribution in [2.75, 3.05) is 12.3 Å². The lowest BCUT2D eigenvalue weighted by atomic mass is 10.2. The number of hydrogen-bond donors (Lipinski definition) is 1. The third-order valence-corrected chi connectivity index (χ3v) is 5.21. The van der Waals surface area contributed by atoms with Crippen LogP contribution in [0.15, 0.2) is 4.34 Å². The minimum Gasteiger partial charge on any atom is -0.374 e. The summed E-state index contributed by atoms with van der Waals surface area (Å²) in [6.45, 7) is 8.08. The Morgan fingerprint density at radius 1 is 1.29 bits per heavy atom. The van der Waals surface area contributed by atoms with E-state index in [1.807, 2.05) is 27.7 Å². The van der Waals surface area contributed by atoms with Gasteiger partial charge in [0.25, 0.3) is 10.0 Å². The summed E-state index contributed by atoms with van der Waals surface area (Å²) in [5, 5.41) is 7.32. The second kappa shape index (κ2) is 5.28. The first-order valence-electron chi connectivity index (χ1n) is 5.36. The summed E-state index contributed by atoms with van der Waals surface area (Å²) in [4.78, 5) is 0. The maximum absolute atomic E-state index is 12.3. The molecule has 0 unspecified atom stereocenters. The molecule has 0 saturated carbocycles. The predicted octanol–water partition coefficient (Wildman–Crippen LogP) is 1.18. The van der Waals surface area contributed by atoms with E-state index in [4.69, 9.17) is 5.73 Å². The molecule has 0 atom stereocenters. The van der Waals surface area contributed by atoms with Crippen LogP contribution in [-0.2, 0) is 10.0 Å². The number of nitrogens with zero attached hydrogens (tertiary/aromatic N) is 3. The Bertz CT molecular complexity index is 467. The van der Waals surface area contributed by atoms with E-state index in [2.05, 4.69) is 10.2 Å². The van der Waals surface area contributed by atoms with Crippen molar-refractivity contribution in [2.45, 2.75) is 38.1 Å². The zero-order valence-corrected chi connectivity index (χ0v) is 12.0. The van der Waals surface area contributed by atoms with E-state index in [1.54, 1.807) is 0 Å². The fourth-order valence-corrected chi connectivity index (χ4v) is 4.07. The van der Waals surface area contributed by atoms with E-state index in [0.717, 1.165) is 11.3 Å². The normalized spacial score (nSPS) is 12.9. The highest BCUT2D eigenvalue weighted by atomic mass is 32.2. The summed E-state index contributed by atoms with van der Waals surface area (Å²) >= 11 is 0.893. The van der Waals surface area contributed by atoms with Crippen molar-refractivity contribution >= 4 is 26.5 Å². The van der Waals surface area contributed by atoms with Crippen molar-refractivity contribution in [1.29, 1.82) is 0 Å². The lowest BCUT2D eigenvalue weighted by Crippen LogP contribution is -2.39. The van der Waals surface area contributed by atoms with Gasteiger partial charge in [0.15, 0.2) is 0 Å². The van der Waals surface area contributed by atoms with Crippen molar-refractivity contribution in [1.82, 2.24) is 14.5 Å². The highest BCUT2D eigenvalue weighted by Crippen LogP contribution is 2.23. The number of hydrogen-bond acceptors (Lipinski definition) is 6. The number of sulfonamides is 1. The van der Waals surface area contributed by atoms with Crippen molar-refractivity contribution in [3.8, 4) is 0 Å². The molecule has 1 heterocycles. The fraction of sp³-hybridized carbons (Fsp3) is 0.778. The van der Waals surface area contributed by atoms with Crippen LogP contribution in [0.4, 0.5) is 5.13 Å². The van der Waals surface area contributed by atoms with Gasteiger partial charge in [-0.3, -0.25) is 0 Å². The van der Waals surface area contributed by atoms with Gasteiger partial charge < -0.3 is 5.73 Å². The molecule has 0 bridgehead atoms. The smallest absolute Gasteiger partial charge is 0.272 e. The maximum Gasteiger partial charge on any atom is 0.272 e. The average Bonchev–Trinajstić information content (AvgIpc) is 2.61. The number of rotatable bonds is 5. The van der Waals surface area contributed by atoms with E-state index >= 15 is 0 Å². The van der Waals surface area contributed by atoms with Gasteiger partial charge in [-0.2, -0.15) is 4.31 Å². The molecule has 0 amide bonds. The van der Waals surface area contributed by atoms with Gasteiger partial charge in [0.2, 0.25) is 9.47 Å². The fourth-order valence-electron chi connectivity index (χ4n) is 1.37. The van der Waals surface area contributed by atoms with Crippen LogP contribution in [0.1, 0.15) is 27.7 Å². The molecule has 0 aromatic carbocycles. The van der Waals surface area contributed by atoms with Gasteiger partial charge in [0.1, 0.15) is 0 Å². The number of nitrogen functional groups attached to an aromatic ring is 1. The first-order valence-corrected chi connectivity index (χ1v) is 7.61. The maximum atomic E-state index is 12.3. The number of anilines is 1. The minimum absolute atomic E-state index is 0.0376. The van der Waals surface area contributed by atoms with Crippen LogP contribution < -0.4 is 5.73 Å². The van der Waals surface area contributed by atoms with Crippen LogP contribution in [0.5, 0.6) is 0 Å². The largest absolute Gasteiger partial charge is 0.374 e. The van der Waals surface area contributed by atoms with Crippen molar-refractivity contribution < 1.29 is 8.42 Å². The third-order valence-electron chi connectivity index (χ3n) is 2.07. The molecule has 0 fully saturated rings. The standard InChI is InChI=1S/C9H18N4O2S2/c1-6(2)5-13(7(3)4)17(14,15)9-12-11-8(10)16-9/h6-7H,5H2,1-4H3,(H2,10,11). The van der Waals surface area contributed by atoms with Gasteiger partial charge in [-0.25, -0.2) is 8.42 Å². The molecule has 6 nitrogen and oxygen atoms in total. The molecule has 17 heavy (non-hydrogen) atoms. The summed E-state index contributed by atoms with van der Waals surface area (Å²) in [6, 6.07) is -0.118. The molecule has 98 valence electrons. The summed E-state index contributed by atoms with van der Waals surface area (Å²) in [6.07, 6.45) is 0. The molecular formula is C9H18N4O2S2. The molecule has 1 rings (SSSR count). The van der Waals surface area contributed by atoms with Crippen LogP contribution in [0, 0.1) is 5.92 Å². The van der Waals surface area contributed by atoms with Gasteiger partial charge in [-0.15, -0.1) is 10.2 Å². The molecule has 0 radical (unpaired) electrons. The van der Waals surface area contributed by atoms with E-state index in [1.165, 1.54) is 4.31 Å². The van der Waals surface area contributed by atoms with Crippen molar-refractivity contribution in [3.05, 3.63) is 0 Å². The highest BCUT2D eigenvalue weighted by Gasteiger charge is 2.30. The number of aromatic nitrogens is 2. The molecule has 1 aromatic heterocycles. The third kappa shape index (κ3) is 3.36. The second-order valence-corrected chi connectivity index (χ2v) is 7.54. The van der Waals surface area contributed by atoms with Gasteiger partial charge >= 0.3 is 0 Å². The summed E-state index contributed by atoms with van der Waals surface area (Å²) < 4.78 is 26.0. The van der Waals surface area contributed by atoms with E-state index in [0.29, 0.717) is 6.54 Å². The Labute approximate surface area is 106 Å². The Balaban J connectivity index is 3.09. The van der Waals surface area contributed by atoms with Crippen LogP contribution in [0.3, 0.4) is 0 Å². The molecule has 8 heteroatoms. The second-order valence-electron chi connectivity index (χ2n) is 4.47. The molecule has 0 saturated heterocycles. The van der Waals surface area contributed by atoms with Crippen LogP contribution in [0.25, 0.3) is 0 Å². The lowest BCUT2D eigenvalue weighted by molar-refractivity contribution is 0.318. The average molecular weight is 278 g/mol. The summed E-state index contributed by atoms with van der Waals surface area (Å²) in [5.41, 5.74) is 5.41. The van der Waals surface area contributed by atoms with Gasteiger partial charge in [0.05, 0.1) is 0 Å². The molecule has 0 aliphatic rings. The van der Waals surface area contributed by atoms with Gasteiger partial charge in [-0.1, -0.05) is 25.2 Å². The monoisotopic (exact) mass is 278 g/mol. The van der Waals surface area contributed by atoms with Crippen LogP contribution in [0.2, 0.25) is 0 Å². The Kier molecular flexibility index (Phi) is 4.45. The first kappa shape index (κ1) is 14.3. The first-order chi connectivity index (χ1) is 7.75. The highest BCUT2D eigenvalue weighted by molar-refractivity contribution is 7.91. The molecule has 0 spiro atoms. The predicted molar refractivity (Wildman–Crippen MR) is 68.2 cm³/mol. The van der Waals surface area contributed by atoms with Crippen LogP contribution >= 0.6 is 11.3 Å². The Morgan fingerprint density at radius 2 is 1.88 bits per heavy atom. The number of nitrogens with two attached hydrogens (primary N) is 1. The lowest BCUT2D eigenvalue weighted by Gasteiger charge is -2.25. The molecule has 0 aliphatic carbocycles. The van der Waals surface area contributed by atoms with Crippen LogP contribution in [-0.4, -0.2) is 35.5 Å². The van der Waals surface area contributed by atoms with E-state index < -0.39 is 10.0 Å². The quantitative estimate of drug-likeness (QED) is 0.873. The van der Waals surface area contributed by atoms with Crippen molar-refractivity contribution in [3.63, 3.8) is 0 Å². The molecule has 0 aliphatic heterocycles. The topological polar surface area (TPSA) is 89.2 Å². The Hall–Kier alpha value is -0.730. The van der Waals surface area contributed by atoms with E-state index in [-0.39, 0.29) is 21.4 Å². The minimum atomic E-state index is -3.58. The van der Waals surface area contributed by atoms with E-state index in [9.17, 15) is 8.42 Å². The Morgan fingerprint density at radius 3 is 2.24 bits per heavy atom.